The van der Waals surface area contributed by atoms with Crippen LogP contribution in [0.4, 0.5) is 18.9 Å². The largest absolute Gasteiger partial charge is 0.483 e. The summed E-state index contributed by atoms with van der Waals surface area (Å²) in [5.41, 5.74) is 0.347. The van der Waals surface area contributed by atoms with Gasteiger partial charge < -0.3 is 19.7 Å². The van der Waals surface area contributed by atoms with Crippen molar-refractivity contribution in [3.05, 3.63) is 81.5 Å². The Bertz CT molecular complexity index is 1330. The maximum absolute atomic E-state index is 13.0. The van der Waals surface area contributed by atoms with Gasteiger partial charge in [-0.05, 0) is 55.7 Å². The number of esters is 1. The van der Waals surface area contributed by atoms with E-state index in [0.29, 0.717) is 27.0 Å². The number of nitrogens with one attached hydrogen (secondary N) is 1. The van der Waals surface area contributed by atoms with Crippen LogP contribution in [0.15, 0.2) is 70.3 Å². The lowest BCUT2D eigenvalue weighted by molar-refractivity contribution is -0.139. The predicted molar refractivity (Wildman–Crippen MR) is 135 cm³/mol. The van der Waals surface area contributed by atoms with Crippen LogP contribution in [0.5, 0.6) is 5.75 Å². The number of allylic oxidation sites excluding steroid dienone is 1. The number of carbonyl (C=O) groups is 2. The molecule has 2 heterocycles. The van der Waals surface area contributed by atoms with E-state index < -0.39 is 36.3 Å². The Morgan fingerprint density at radius 1 is 1.22 bits per heavy atom. The van der Waals surface area contributed by atoms with Gasteiger partial charge in [-0.1, -0.05) is 29.4 Å². The van der Waals surface area contributed by atoms with Crippen molar-refractivity contribution in [1.82, 2.24) is 4.90 Å². The number of benzene rings is 2. The van der Waals surface area contributed by atoms with Crippen LogP contribution in [0.25, 0.3) is 0 Å². The van der Waals surface area contributed by atoms with Crippen LogP contribution in [0.3, 0.4) is 0 Å². The number of alkyl halides is 3. The Hall–Kier alpha value is -3.44. The number of fused-ring (bicyclic) bond motifs is 1. The maximum Gasteiger partial charge on any atom is 0.416 e. The lowest BCUT2D eigenvalue weighted by atomic mass is 9.94. The first-order chi connectivity index (χ1) is 17.6. The van der Waals surface area contributed by atoms with Crippen molar-refractivity contribution < 1.29 is 32.2 Å². The van der Waals surface area contributed by atoms with Gasteiger partial charge in [0.15, 0.2) is 11.8 Å². The first-order valence-electron chi connectivity index (χ1n) is 11.1. The molecule has 0 radical (unpaired) electrons. The zero-order valence-corrected chi connectivity index (χ0v) is 21.2. The highest BCUT2D eigenvalue weighted by atomic mass is 35.5. The van der Waals surface area contributed by atoms with Gasteiger partial charge in [0.1, 0.15) is 5.75 Å². The average Bonchev–Trinajstić information content (AvgIpc) is 3.30. The number of aliphatic imine (C=N–C) groups is 1. The fraction of sp³-hybridized carbons (Fsp3) is 0.240. The van der Waals surface area contributed by atoms with Crippen molar-refractivity contribution in [1.29, 1.82) is 0 Å². The van der Waals surface area contributed by atoms with Gasteiger partial charge >= 0.3 is 12.1 Å². The van der Waals surface area contributed by atoms with Crippen molar-refractivity contribution in [2.45, 2.75) is 26.1 Å². The Morgan fingerprint density at radius 3 is 2.73 bits per heavy atom. The van der Waals surface area contributed by atoms with Gasteiger partial charge in [-0.2, -0.15) is 13.2 Å². The SMILES string of the molecule is CCOC(=O)C1=C(C)N=C2SC=CN2[C@@H]1c1cc(Cl)ccc1OCC(=O)Nc1cccc(C(F)(F)F)c1. The lowest BCUT2D eigenvalue weighted by Crippen LogP contribution is -2.34. The topological polar surface area (TPSA) is 80.2 Å². The lowest BCUT2D eigenvalue weighted by Gasteiger charge is -2.34. The molecule has 2 aliphatic heterocycles. The highest BCUT2D eigenvalue weighted by Gasteiger charge is 2.39. The number of anilines is 1. The molecule has 194 valence electrons. The first kappa shape index (κ1) is 26.6. The van der Waals surface area contributed by atoms with Crippen molar-refractivity contribution in [2.24, 2.45) is 4.99 Å². The molecule has 0 saturated carbocycles. The van der Waals surface area contributed by atoms with E-state index in [-0.39, 0.29) is 18.0 Å². The molecule has 7 nitrogen and oxygen atoms in total. The summed E-state index contributed by atoms with van der Waals surface area (Å²) in [6, 6.07) is 8.35. The molecule has 2 aromatic rings. The molecule has 0 aromatic heterocycles. The van der Waals surface area contributed by atoms with E-state index in [4.69, 9.17) is 21.1 Å². The van der Waals surface area contributed by atoms with Gasteiger partial charge in [-0.25, -0.2) is 9.79 Å². The summed E-state index contributed by atoms with van der Waals surface area (Å²) >= 11 is 7.67. The first-order valence-corrected chi connectivity index (χ1v) is 12.3. The van der Waals surface area contributed by atoms with Gasteiger partial charge in [0.25, 0.3) is 5.91 Å². The Morgan fingerprint density at radius 2 is 2.00 bits per heavy atom. The summed E-state index contributed by atoms with van der Waals surface area (Å²) in [6.45, 7) is 3.07. The minimum absolute atomic E-state index is 0.0183. The van der Waals surface area contributed by atoms with E-state index in [1.165, 1.54) is 23.9 Å². The Balaban J connectivity index is 1.60. The molecule has 0 unspecified atom stereocenters. The van der Waals surface area contributed by atoms with Crippen molar-refractivity contribution >= 4 is 46.1 Å². The highest BCUT2D eigenvalue weighted by molar-refractivity contribution is 8.16. The predicted octanol–water partition coefficient (Wildman–Crippen LogP) is 6.14. The third-order valence-corrected chi connectivity index (χ3v) is 6.42. The standard InChI is InChI=1S/C25H21ClF3N3O4S/c1-3-35-23(34)21-14(2)30-24-32(9-10-37-24)22(21)18-12-16(26)7-8-19(18)36-13-20(33)31-17-6-4-5-15(11-17)25(27,28)29/h4-12,22H,3,13H2,1-2H3,(H,31,33)/t22-/m1/s1. The summed E-state index contributed by atoms with van der Waals surface area (Å²) < 4.78 is 50.0. The molecule has 1 atom stereocenters. The van der Waals surface area contributed by atoms with E-state index in [2.05, 4.69) is 10.3 Å². The molecular weight excluding hydrogens is 531 g/mol. The normalized spacial score (nSPS) is 16.9. The molecule has 1 N–H and O–H groups in total. The van der Waals surface area contributed by atoms with E-state index in [9.17, 15) is 22.8 Å². The van der Waals surface area contributed by atoms with E-state index in [1.807, 2.05) is 5.41 Å². The zero-order valence-electron chi connectivity index (χ0n) is 19.6. The van der Waals surface area contributed by atoms with E-state index in [1.54, 1.807) is 43.1 Å². The van der Waals surface area contributed by atoms with Crippen molar-refractivity contribution in [2.75, 3.05) is 18.5 Å². The molecule has 37 heavy (non-hydrogen) atoms. The van der Waals surface area contributed by atoms with Crippen LogP contribution >= 0.6 is 23.4 Å². The number of amides is 1. The number of nitrogens with zero attached hydrogens (tertiary/aromatic N) is 2. The zero-order chi connectivity index (χ0) is 26.7. The third-order valence-electron chi connectivity index (χ3n) is 5.41. The third kappa shape index (κ3) is 5.94. The summed E-state index contributed by atoms with van der Waals surface area (Å²) in [7, 11) is 0. The molecule has 12 heteroatoms. The van der Waals surface area contributed by atoms with E-state index >= 15 is 0 Å². The fourth-order valence-corrected chi connectivity index (χ4v) is 4.83. The number of carbonyl (C=O) groups excluding carboxylic acids is 2. The van der Waals surface area contributed by atoms with Crippen molar-refractivity contribution in [3.63, 3.8) is 0 Å². The second-order valence-electron chi connectivity index (χ2n) is 7.92. The van der Waals surface area contributed by atoms with Gasteiger partial charge in [0.2, 0.25) is 0 Å². The summed E-state index contributed by atoms with van der Waals surface area (Å²) in [5, 5.41) is 5.24. The highest BCUT2D eigenvalue weighted by Crippen LogP contribution is 2.44. The number of amidine groups is 1. The number of rotatable bonds is 7. The quantitative estimate of drug-likeness (QED) is 0.416. The van der Waals surface area contributed by atoms with E-state index in [0.717, 1.165) is 12.1 Å². The summed E-state index contributed by atoms with van der Waals surface area (Å²) in [6.07, 6.45) is -2.77. The number of hydrogen-bond donors (Lipinski definition) is 1. The monoisotopic (exact) mass is 551 g/mol. The van der Waals surface area contributed by atoms with Crippen LogP contribution < -0.4 is 10.1 Å². The van der Waals surface area contributed by atoms with Crippen LogP contribution in [0.2, 0.25) is 5.02 Å². The fourth-order valence-electron chi connectivity index (χ4n) is 3.85. The van der Waals surface area contributed by atoms with Crippen molar-refractivity contribution in [3.8, 4) is 5.75 Å². The van der Waals surface area contributed by atoms with Gasteiger partial charge in [-0.3, -0.25) is 4.79 Å². The number of hydrogen-bond acceptors (Lipinski definition) is 7. The van der Waals surface area contributed by atoms with Crippen LogP contribution in [0.1, 0.15) is 31.0 Å². The molecule has 2 aliphatic rings. The Kier molecular flexibility index (Phi) is 7.84. The molecule has 0 aliphatic carbocycles. The minimum Gasteiger partial charge on any atom is -0.483 e. The average molecular weight is 552 g/mol. The van der Waals surface area contributed by atoms with Crippen LogP contribution in [-0.4, -0.2) is 35.2 Å². The minimum atomic E-state index is -4.54. The number of halogens is 4. The van der Waals surface area contributed by atoms with Crippen LogP contribution in [0, 0.1) is 0 Å². The summed E-state index contributed by atoms with van der Waals surface area (Å²) in [4.78, 5) is 31.7. The molecule has 1 amide bonds. The maximum atomic E-state index is 13.0. The van der Waals surface area contributed by atoms with Gasteiger partial charge in [0.05, 0.1) is 29.5 Å². The summed E-state index contributed by atoms with van der Waals surface area (Å²) in [5.74, 6) is -0.957. The van der Waals surface area contributed by atoms with Gasteiger partial charge in [0, 0.05) is 22.5 Å². The number of ether oxygens (including phenoxy) is 2. The smallest absolute Gasteiger partial charge is 0.416 e. The second-order valence-corrected chi connectivity index (χ2v) is 9.23. The molecule has 0 bridgehead atoms. The second kappa shape index (κ2) is 10.9. The van der Waals surface area contributed by atoms with Crippen LogP contribution in [-0.2, 0) is 20.5 Å². The molecule has 2 aromatic carbocycles. The molecule has 4 rings (SSSR count). The molecule has 0 fully saturated rings. The Labute approximate surface area is 220 Å². The van der Waals surface area contributed by atoms with Gasteiger partial charge in [-0.15, -0.1) is 0 Å². The molecular formula is C25H21ClF3N3O4S. The number of thioether (sulfide) groups is 1. The molecule has 0 saturated heterocycles. The molecule has 0 spiro atoms.